The molecule has 1 aliphatic heterocycles. The summed E-state index contributed by atoms with van der Waals surface area (Å²) in [5.41, 5.74) is 2.50. The molecule has 0 spiro atoms. The van der Waals surface area contributed by atoms with Crippen molar-refractivity contribution in [2.45, 2.75) is 4.90 Å². The Hall–Kier alpha value is -2.24. The quantitative estimate of drug-likeness (QED) is 0.499. The van der Waals surface area contributed by atoms with Gasteiger partial charge in [-0.25, -0.2) is 4.31 Å². The molecule has 1 aliphatic rings. The Morgan fingerprint density at radius 1 is 1.04 bits per heavy atom. The van der Waals surface area contributed by atoms with Gasteiger partial charge < -0.3 is 10.2 Å². The number of anilines is 2. The molecule has 0 aliphatic carbocycles. The molecule has 1 N–H and O–H groups in total. The minimum absolute atomic E-state index is 0.639. The molecule has 1 saturated heterocycles. The SMILES string of the molecule is C=CC=O.CNc1cccc(SN2CCN(c3ccccc3)CC2)c1. The number of aldehydes is 1. The Morgan fingerprint density at radius 3 is 2.32 bits per heavy atom. The van der Waals surface area contributed by atoms with E-state index in [1.165, 1.54) is 22.3 Å². The first-order valence-electron chi connectivity index (χ1n) is 8.33. The van der Waals surface area contributed by atoms with Gasteiger partial charge in [0.1, 0.15) is 6.29 Å². The van der Waals surface area contributed by atoms with Crippen molar-refractivity contribution in [2.24, 2.45) is 0 Å². The van der Waals surface area contributed by atoms with Crippen molar-refractivity contribution in [2.75, 3.05) is 43.4 Å². The van der Waals surface area contributed by atoms with E-state index in [0.29, 0.717) is 6.29 Å². The Kier molecular flexibility index (Phi) is 8.09. The number of rotatable bonds is 5. The van der Waals surface area contributed by atoms with Gasteiger partial charge in [-0.2, -0.15) is 0 Å². The van der Waals surface area contributed by atoms with Crippen molar-refractivity contribution in [3.05, 3.63) is 67.3 Å². The van der Waals surface area contributed by atoms with Crippen LogP contribution in [-0.4, -0.2) is 43.8 Å². The van der Waals surface area contributed by atoms with Gasteiger partial charge in [-0.05, 0) is 48.4 Å². The molecule has 0 unspecified atom stereocenters. The maximum Gasteiger partial charge on any atom is 0.142 e. The molecule has 5 heteroatoms. The standard InChI is InChI=1S/C17H21N3S.C3H4O/c1-18-15-6-5-9-17(14-15)21-20-12-10-19(11-13-20)16-7-3-2-4-8-16;1-2-3-4/h2-9,14,18H,10-13H2,1H3;2-3H,1H2. The lowest BCUT2D eigenvalue weighted by Crippen LogP contribution is -2.43. The van der Waals surface area contributed by atoms with E-state index >= 15 is 0 Å². The van der Waals surface area contributed by atoms with Gasteiger partial charge in [0.2, 0.25) is 0 Å². The molecule has 0 atom stereocenters. The smallest absolute Gasteiger partial charge is 0.142 e. The van der Waals surface area contributed by atoms with Gasteiger partial charge in [0.25, 0.3) is 0 Å². The molecule has 2 aromatic rings. The summed E-state index contributed by atoms with van der Waals surface area (Å²) in [6.45, 7) is 7.46. The summed E-state index contributed by atoms with van der Waals surface area (Å²) in [5, 5.41) is 3.19. The van der Waals surface area contributed by atoms with Crippen molar-refractivity contribution in [1.29, 1.82) is 0 Å². The summed E-state index contributed by atoms with van der Waals surface area (Å²) in [6, 6.07) is 19.3. The number of nitrogens with one attached hydrogen (secondary N) is 1. The number of nitrogens with zero attached hydrogens (tertiary/aromatic N) is 2. The number of benzene rings is 2. The highest BCUT2D eigenvalue weighted by Crippen LogP contribution is 2.27. The number of para-hydroxylation sites is 1. The maximum absolute atomic E-state index is 9.06. The van der Waals surface area contributed by atoms with Crippen LogP contribution in [0.3, 0.4) is 0 Å². The van der Waals surface area contributed by atoms with E-state index in [0.717, 1.165) is 26.2 Å². The number of allylic oxidation sites excluding steroid dienone is 1. The van der Waals surface area contributed by atoms with Gasteiger partial charge >= 0.3 is 0 Å². The zero-order valence-electron chi connectivity index (χ0n) is 14.6. The number of carbonyl (C=O) groups is 1. The van der Waals surface area contributed by atoms with Crippen molar-refractivity contribution in [3.63, 3.8) is 0 Å². The van der Waals surface area contributed by atoms with E-state index in [1.807, 2.05) is 19.0 Å². The Morgan fingerprint density at radius 2 is 1.72 bits per heavy atom. The van der Waals surface area contributed by atoms with Crippen LogP contribution >= 0.6 is 11.9 Å². The van der Waals surface area contributed by atoms with Gasteiger partial charge in [-0.15, -0.1) is 0 Å². The fraction of sp³-hybridized carbons (Fsp3) is 0.250. The average molecular weight is 356 g/mol. The Bertz CT molecular complexity index is 649. The van der Waals surface area contributed by atoms with Crippen LogP contribution in [0.4, 0.5) is 11.4 Å². The third-order valence-corrected chi connectivity index (χ3v) is 4.90. The summed E-state index contributed by atoms with van der Waals surface area (Å²) in [4.78, 5) is 12.8. The highest BCUT2D eigenvalue weighted by atomic mass is 32.2. The van der Waals surface area contributed by atoms with Gasteiger partial charge in [-0.1, -0.05) is 30.8 Å². The molecule has 3 rings (SSSR count). The molecule has 0 aromatic heterocycles. The monoisotopic (exact) mass is 355 g/mol. The van der Waals surface area contributed by atoms with Crippen LogP contribution in [0.2, 0.25) is 0 Å². The molecule has 1 heterocycles. The van der Waals surface area contributed by atoms with E-state index in [4.69, 9.17) is 4.79 Å². The zero-order valence-corrected chi connectivity index (χ0v) is 15.4. The summed E-state index contributed by atoms with van der Waals surface area (Å²) in [6.07, 6.45) is 1.83. The number of piperazine rings is 1. The number of hydrogen-bond donors (Lipinski definition) is 1. The lowest BCUT2D eigenvalue weighted by atomic mass is 10.2. The normalized spacial score (nSPS) is 14.2. The van der Waals surface area contributed by atoms with Crippen LogP contribution < -0.4 is 10.2 Å². The highest BCUT2D eigenvalue weighted by Gasteiger charge is 2.17. The van der Waals surface area contributed by atoms with E-state index in [2.05, 4.69) is 75.7 Å². The minimum atomic E-state index is 0.639. The van der Waals surface area contributed by atoms with Gasteiger partial charge in [0.05, 0.1) is 0 Å². The van der Waals surface area contributed by atoms with E-state index < -0.39 is 0 Å². The van der Waals surface area contributed by atoms with Crippen LogP contribution in [0.15, 0.2) is 72.1 Å². The fourth-order valence-electron chi connectivity index (χ4n) is 2.53. The molecule has 0 amide bonds. The van der Waals surface area contributed by atoms with Gasteiger partial charge in [-0.3, -0.25) is 4.79 Å². The molecular formula is C20H25N3OS. The molecule has 0 radical (unpaired) electrons. The second kappa shape index (κ2) is 10.6. The molecule has 25 heavy (non-hydrogen) atoms. The lowest BCUT2D eigenvalue weighted by Gasteiger charge is -2.35. The van der Waals surface area contributed by atoms with E-state index in [9.17, 15) is 0 Å². The van der Waals surface area contributed by atoms with E-state index in [1.54, 1.807) is 0 Å². The second-order valence-electron chi connectivity index (χ2n) is 5.49. The zero-order chi connectivity index (χ0) is 17.9. The van der Waals surface area contributed by atoms with Crippen LogP contribution in [0.25, 0.3) is 0 Å². The first-order valence-corrected chi connectivity index (χ1v) is 9.11. The molecule has 1 fully saturated rings. The molecule has 0 bridgehead atoms. The highest BCUT2D eigenvalue weighted by molar-refractivity contribution is 7.97. The summed E-state index contributed by atoms with van der Waals surface area (Å²) >= 11 is 1.86. The predicted molar refractivity (Wildman–Crippen MR) is 108 cm³/mol. The average Bonchev–Trinajstić information content (AvgIpc) is 2.69. The van der Waals surface area contributed by atoms with Crippen molar-refractivity contribution in [3.8, 4) is 0 Å². The topological polar surface area (TPSA) is 35.6 Å². The first-order chi connectivity index (χ1) is 12.3. The van der Waals surface area contributed by atoms with Crippen molar-refractivity contribution >= 4 is 29.6 Å². The van der Waals surface area contributed by atoms with E-state index in [-0.39, 0.29) is 0 Å². The third-order valence-electron chi connectivity index (χ3n) is 3.81. The largest absolute Gasteiger partial charge is 0.388 e. The predicted octanol–water partition coefficient (Wildman–Crippen LogP) is 3.93. The van der Waals surface area contributed by atoms with Crippen molar-refractivity contribution in [1.82, 2.24) is 4.31 Å². The van der Waals surface area contributed by atoms with Gasteiger partial charge in [0.15, 0.2) is 0 Å². The molecule has 0 saturated carbocycles. The van der Waals surface area contributed by atoms with Gasteiger partial charge in [0, 0.05) is 49.5 Å². The van der Waals surface area contributed by atoms with Crippen LogP contribution in [-0.2, 0) is 4.79 Å². The summed E-state index contributed by atoms with van der Waals surface area (Å²) in [7, 11) is 1.96. The third kappa shape index (κ3) is 6.29. The van der Waals surface area contributed by atoms with Crippen LogP contribution in [0, 0.1) is 0 Å². The molecule has 2 aromatic carbocycles. The summed E-state index contributed by atoms with van der Waals surface area (Å²) < 4.78 is 2.45. The number of hydrogen-bond acceptors (Lipinski definition) is 5. The first kappa shape index (κ1) is 19.1. The number of carbonyl (C=O) groups excluding carboxylic acids is 1. The van der Waals surface area contributed by atoms with Crippen LogP contribution in [0.1, 0.15) is 0 Å². The molecule has 132 valence electrons. The fourth-order valence-corrected chi connectivity index (χ4v) is 3.50. The summed E-state index contributed by atoms with van der Waals surface area (Å²) in [5.74, 6) is 0. The van der Waals surface area contributed by atoms with Crippen molar-refractivity contribution < 1.29 is 4.79 Å². The second-order valence-corrected chi connectivity index (χ2v) is 6.66. The lowest BCUT2D eigenvalue weighted by molar-refractivity contribution is -0.104. The minimum Gasteiger partial charge on any atom is -0.388 e. The Balaban J connectivity index is 0.000000511. The maximum atomic E-state index is 9.06. The molecule has 4 nitrogen and oxygen atoms in total. The Labute approximate surface area is 154 Å². The van der Waals surface area contributed by atoms with Crippen LogP contribution in [0.5, 0.6) is 0 Å². The molecular weight excluding hydrogens is 330 g/mol.